The molecule has 1 aromatic carbocycles. The van der Waals surface area contributed by atoms with Crippen molar-refractivity contribution in [3.05, 3.63) is 18.2 Å². The van der Waals surface area contributed by atoms with Gasteiger partial charge < -0.3 is 20.5 Å². The standard InChI is InChI=1S/C12H17N3O2.HI/c1-16-10-6-5-9(7-11(10)17-2)15-12(13)14-8-3-4-8;/h5-8H,3-4H2,1-2H3,(H3,13,14,15);1H. The van der Waals surface area contributed by atoms with Gasteiger partial charge in [0.2, 0.25) is 0 Å². The van der Waals surface area contributed by atoms with Crippen LogP contribution in [-0.2, 0) is 0 Å². The van der Waals surface area contributed by atoms with Crippen molar-refractivity contribution in [2.24, 2.45) is 10.7 Å². The van der Waals surface area contributed by atoms with Gasteiger partial charge in [0, 0.05) is 11.8 Å². The van der Waals surface area contributed by atoms with Crippen molar-refractivity contribution in [2.75, 3.05) is 19.5 Å². The zero-order valence-electron chi connectivity index (χ0n) is 10.5. The molecule has 0 heterocycles. The van der Waals surface area contributed by atoms with Crippen molar-refractivity contribution in [2.45, 2.75) is 18.9 Å². The summed E-state index contributed by atoms with van der Waals surface area (Å²) in [4.78, 5) is 4.29. The van der Waals surface area contributed by atoms with Crippen LogP contribution in [0.2, 0.25) is 0 Å². The number of nitrogens with zero attached hydrogens (tertiary/aromatic N) is 1. The van der Waals surface area contributed by atoms with Gasteiger partial charge in [-0.05, 0) is 25.0 Å². The van der Waals surface area contributed by atoms with E-state index in [-0.39, 0.29) is 24.0 Å². The Morgan fingerprint density at radius 3 is 2.50 bits per heavy atom. The fraction of sp³-hybridized carbons (Fsp3) is 0.417. The molecule has 6 heteroatoms. The molecule has 0 radical (unpaired) electrons. The maximum Gasteiger partial charge on any atom is 0.193 e. The molecule has 1 aliphatic carbocycles. The highest BCUT2D eigenvalue weighted by molar-refractivity contribution is 14.0. The Kier molecular flexibility index (Phi) is 5.52. The zero-order valence-corrected chi connectivity index (χ0v) is 12.8. The van der Waals surface area contributed by atoms with Gasteiger partial charge >= 0.3 is 0 Å². The van der Waals surface area contributed by atoms with Crippen molar-refractivity contribution in [1.82, 2.24) is 0 Å². The van der Waals surface area contributed by atoms with Crippen LogP contribution < -0.4 is 20.5 Å². The summed E-state index contributed by atoms with van der Waals surface area (Å²) in [6, 6.07) is 5.93. The number of hydrogen-bond donors (Lipinski definition) is 2. The second kappa shape index (κ2) is 6.67. The van der Waals surface area contributed by atoms with Gasteiger partial charge in [-0.3, -0.25) is 0 Å². The number of rotatable bonds is 4. The predicted octanol–water partition coefficient (Wildman–Crippen LogP) is 2.21. The number of guanidine groups is 1. The Balaban J connectivity index is 0.00000162. The van der Waals surface area contributed by atoms with Crippen LogP contribution in [0.25, 0.3) is 0 Å². The fourth-order valence-corrected chi connectivity index (χ4v) is 1.49. The molecule has 3 N–H and O–H groups in total. The minimum absolute atomic E-state index is 0. The van der Waals surface area contributed by atoms with E-state index >= 15 is 0 Å². The molecule has 0 aromatic heterocycles. The molecule has 100 valence electrons. The normalized spacial score (nSPS) is 14.7. The maximum absolute atomic E-state index is 5.78. The second-order valence-electron chi connectivity index (χ2n) is 3.94. The first-order valence-corrected chi connectivity index (χ1v) is 5.55. The first-order chi connectivity index (χ1) is 8.22. The number of anilines is 1. The predicted molar refractivity (Wildman–Crippen MR) is 83.2 cm³/mol. The van der Waals surface area contributed by atoms with E-state index in [0.717, 1.165) is 18.5 Å². The van der Waals surface area contributed by atoms with Crippen molar-refractivity contribution in [1.29, 1.82) is 0 Å². The molecular formula is C12H18IN3O2. The van der Waals surface area contributed by atoms with Gasteiger partial charge in [0.05, 0.1) is 20.3 Å². The Morgan fingerprint density at radius 1 is 1.28 bits per heavy atom. The molecule has 0 spiro atoms. The summed E-state index contributed by atoms with van der Waals surface area (Å²) in [6.45, 7) is 0. The van der Waals surface area contributed by atoms with Gasteiger partial charge in [-0.15, -0.1) is 24.0 Å². The van der Waals surface area contributed by atoms with Gasteiger partial charge in [0.15, 0.2) is 17.5 Å². The lowest BCUT2D eigenvalue weighted by Gasteiger charge is -2.10. The molecule has 5 nitrogen and oxygen atoms in total. The highest BCUT2D eigenvalue weighted by Gasteiger charge is 2.20. The van der Waals surface area contributed by atoms with Gasteiger partial charge in [0.1, 0.15) is 0 Å². The largest absolute Gasteiger partial charge is 0.493 e. The van der Waals surface area contributed by atoms with Crippen LogP contribution in [0.3, 0.4) is 0 Å². The van der Waals surface area contributed by atoms with E-state index in [1.807, 2.05) is 18.2 Å². The van der Waals surface area contributed by atoms with Gasteiger partial charge in [-0.2, -0.15) is 0 Å². The van der Waals surface area contributed by atoms with Crippen molar-refractivity contribution < 1.29 is 9.47 Å². The number of aliphatic imine (C=N–C) groups is 1. The van der Waals surface area contributed by atoms with Crippen LogP contribution in [0.1, 0.15) is 12.8 Å². The Hall–Kier alpha value is -1.18. The number of benzene rings is 1. The average Bonchev–Trinajstić information content (AvgIpc) is 3.12. The Labute approximate surface area is 124 Å². The molecule has 0 unspecified atom stereocenters. The van der Waals surface area contributed by atoms with E-state index in [2.05, 4.69) is 10.3 Å². The number of nitrogens with two attached hydrogens (primary N) is 1. The molecular weight excluding hydrogens is 345 g/mol. The van der Waals surface area contributed by atoms with Crippen LogP contribution in [0.15, 0.2) is 23.2 Å². The quantitative estimate of drug-likeness (QED) is 0.489. The van der Waals surface area contributed by atoms with Gasteiger partial charge in [-0.25, -0.2) is 4.99 Å². The molecule has 1 aromatic rings. The summed E-state index contributed by atoms with van der Waals surface area (Å²) in [7, 11) is 3.21. The highest BCUT2D eigenvalue weighted by atomic mass is 127. The third kappa shape index (κ3) is 3.94. The minimum atomic E-state index is 0. The molecule has 2 rings (SSSR count). The second-order valence-corrected chi connectivity index (χ2v) is 3.94. The smallest absolute Gasteiger partial charge is 0.193 e. The van der Waals surface area contributed by atoms with Crippen LogP contribution in [0.4, 0.5) is 5.69 Å². The van der Waals surface area contributed by atoms with Crippen molar-refractivity contribution in [3.63, 3.8) is 0 Å². The summed E-state index contributed by atoms with van der Waals surface area (Å²) in [5.74, 6) is 1.80. The topological polar surface area (TPSA) is 68.9 Å². The maximum atomic E-state index is 5.78. The first kappa shape index (κ1) is 14.9. The average molecular weight is 363 g/mol. The number of nitrogens with one attached hydrogen (secondary N) is 1. The molecule has 1 fully saturated rings. The monoisotopic (exact) mass is 363 g/mol. The van der Waals surface area contributed by atoms with E-state index in [1.54, 1.807) is 14.2 Å². The molecule has 1 saturated carbocycles. The van der Waals surface area contributed by atoms with Crippen LogP contribution in [0, 0.1) is 0 Å². The van der Waals surface area contributed by atoms with Crippen molar-refractivity contribution >= 4 is 35.6 Å². The van der Waals surface area contributed by atoms with E-state index in [9.17, 15) is 0 Å². The number of halogens is 1. The van der Waals surface area contributed by atoms with Crippen molar-refractivity contribution in [3.8, 4) is 11.5 Å². The summed E-state index contributed by atoms with van der Waals surface area (Å²) >= 11 is 0. The Morgan fingerprint density at radius 2 is 1.94 bits per heavy atom. The third-order valence-corrected chi connectivity index (χ3v) is 2.52. The number of methoxy groups -OCH3 is 2. The van der Waals surface area contributed by atoms with Gasteiger partial charge in [0.25, 0.3) is 0 Å². The highest BCUT2D eigenvalue weighted by Crippen LogP contribution is 2.29. The fourth-order valence-electron chi connectivity index (χ4n) is 1.49. The lowest BCUT2D eigenvalue weighted by molar-refractivity contribution is 0.355. The third-order valence-electron chi connectivity index (χ3n) is 2.52. The van der Waals surface area contributed by atoms with Crippen LogP contribution >= 0.6 is 24.0 Å². The van der Waals surface area contributed by atoms with Crippen LogP contribution in [0.5, 0.6) is 11.5 Å². The van der Waals surface area contributed by atoms with E-state index in [4.69, 9.17) is 15.2 Å². The first-order valence-electron chi connectivity index (χ1n) is 5.55. The molecule has 0 saturated heterocycles. The molecule has 0 amide bonds. The Bertz CT molecular complexity index is 433. The van der Waals surface area contributed by atoms with Gasteiger partial charge in [-0.1, -0.05) is 0 Å². The summed E-state index contributed by atoms with van der Waals surface area (Å²) < 4.78 is 10.4. The molecule has 0 bridgehead atoms. The summed E-state index contributed by atoms with van der Waals surface area (Å²) in [6.07, 6.45) is 2.27. The van der Waals surface area contributed by atoms with E-state index in [0.29, 0.717) is 23.5 Å². The molecule has 18 heavy (non-hydrogen) atoms. The number of hydrogen-bond acceptors (Lipinski definition) is 3. The lowest BCUT2D eigenvalue weighted by atomic mass is 10.3. The molecule has 0 aliphatic heterocycles. The summed E-state index contributed by atoms with van der Waals surface area (Å²) in [5.41, 5.74) is 6.61. The number of ether oxygens (including phenoxy) is 2. The zero-order chi connectivity index (χ0) is 12.3. The molecule has 1 aliphatic rings. The minimum Gasteiger partial charge on any atom is -0.493 e. The van der Waals surface area contributed by atoms with E-state index < -0.39 is 0 Å². The molecule has 0 atom stereocenters. The van der Waals surface area contributed by atoms with E-state index in [1.165, 1.54) is 0 Å². The SMILES string of the molecule is COc1ccc(NC(N)=NC2CC2)cc1OC.I. The van der Waals surface area contributed by atoms with Crippen LogP contribution in [-0.4, -0.2) is 26.2 Å². The lowest BCUT2D eigenvalue weighted by Crippen LogP contribution is -2.23. The summed E-state index contributed by atoms with van der Waals surface area (Å²) in [5, 5.41) is 3.03.